The third kappa shape index (κ3) is 1.64. The largest absolute Gasteiger partial charge is 0.508 e. The van der Waals surface area contributed by atoms with E-state index in [4.69, 9.17) is 0 Å². The molecule has 0 bridgehead atoms. The van der Waals surface area contributed by atoms with Gasteiger partial charge in [-0.2, -0.15) is 0 Å². The molecule has 4 rings (SSSR count). The van der Waals surface area contributed by atoms with Gasteiger partial charge in [-0.25, -0.2) is 4.98 Å². The molecular weight excluding hydrogens is 282 g/mol. The normalized spacial score (nSPS) is 16.5. The van der Waals surface area contributed by atoms with E-state index in [9.17, 15) is 14.7 Å². The quantitative estimate of drug-likeness (QED) is 0.710. The molecule has 6 nitrogen and oxygen atoms in total. The monoisotopic (exact) mass is 293 g/mol. The highest BCUT2D eigenvalue weighted by molar-refractivity contribution is 5.95. The molecule has 2 N–H and O–H groups in total. The topological polar surface area (TPSA) is 84.2 Å². The van der Waals surface area contributed by atoms with E-state index in [0.29, 0.717) is 16.5 Å². The molecule has 0 saturated carbocycles. The molecule has 0 aliphatic carbocycles. The Morgan fingerprint density at radius 3 is 2.59 bits per heavy atom. The van der Waals surface area contributed by atoms with Crippen LogP contribution in [-0.2, 0) is 0 Å². The van der Waals surface area contributed by atoms with Crippen LogP contribution in [0.3, 0.4) is 0 Å². The molecule has 6 heteroatoms. The maximum atomic E-state index is 12.7. The van der Waals surface area contributed by atoms with Crippen LogP contribution < -0.4 is 10.9 Å². The van der Waals surface area contributed by atoms with Gasteiger partial charge in [0.15, 0.2) is 0 Å². The van der Waals surface area contributed by atoms with E-state index in [1.807, 2.05) is 0 Å². The summed E-state index contributed by atoms with van der Waals surface area (Å²) < 4.78 is 1.29. The molecule has 1 aromatic heterocycles. The predicted octanol–water partition coefficient (Wildman–Crippen LogP) is 1.39. The van der Waals surface area contributed by atoms with Crippen molar-refractivity contribution >= 4 is 16.8 Å². The zero-order valence-corrected chi connectivity index (χ0v) is 11.4. The number of aromatic nitrogens is 2. The zero-order valence-electron chi connectivity index (χ0n) is 11.4. The molecule has 0 radical (unpaired) electrons. The fourth-order valence-electron chi connectivity index (χ4n) is 2.73. The van der Waals surface area contributed by atoms with Crippen molar-refractivity contribution in [1.82, 2.24) is 14.9 Å². The summed E-state index contributed by atoms with van der Waals surface area (Å²) in [4.78, 5) is 29.1. The number of hydrogen-bond acceptors (Lipinski definition) is 4. The van der Waals surface area contributed by atoms with E-state index >= 15 is 0 Å². The van der Waals surface area contributed by atoms with Gasteiger partial charge >= 0.3 is 0 Å². The summed E-state index contributed by atoms with van der Waals surface area (Å²) in [6, 6.07) is 13.5. The van der Waals surface area contributed by atoms with Crippen LogP contribution in [0.15, 0.2) is 53.3 Å². The molecule has 22 heavy (non-hydrogen) atoms. The number of para-hydroxylation sites is 2. The first-order valence-electron chi connectivity index (χ1n) is 6.77. The third-order valence-corrected chi connectivity index (χ3v) is 3.77. The lowest BCUT2D eigenvalue weighted by molar-refractivity contribution is 0.0956. The molecule has 1 aliphatic heterocycles. The van der Waals surface area contributed by atoms with Crippen LogP contribution in [0.5, 0.6) is 5.75 Å². The summed E-state index contributed by atoms with van der Waals surface area (Å²) in [5, 5.41) is 13.1. The minimum Gasteiger partial charge on any atom is -0.508 e. The van der Waals surface area contributed by atoms with Crippen LogP contribution in [0.4, 0.5) is 0 Å². The summed E-state index contributed by atoms with van der Waals surface area (Å²) in [6.45, 7) is 0. The van der Waals surface area contributed by atoms with Crippen molar-refractivity contribution in [3.63, 3.8) is 0 Å². The highest BCUT2D eigenvalue weighted by Gasteiger charge is 2.33. The van der Waals surface area contributed by atoms with Gasteiger partial charge in [-0.15, -0.1) is 0 Å². The van der Waals surface area contributed by atoms with Gasteiger partial charge in [-0.3, -0.25) is 14.2 Å². The number of amides is 1. The number of rotatable bonds is 1. The summed E-state index contributed by atoms with van der Waals surface area (Å²) in [6.07, 6.45) is -0.756. The Morgan fingerprint density at radius 2 is 1.77 bits per heavy atom. The second kappa shape index (κ2) is 4.42. The van der Waals surface area contributed by atoms with Gasteiger partial charge in [0.2, 0.25) is 5.82 Å². The van der Waals surface area contributed by atoms with E-state index in [1.165, 1.54) is 10.6 Å². The summed E-state index contributed by atoms with van der Waals surface area (Å²) in [5.74, 6) is -0.367. The molecule has 0 spiro atoms. The maximum Gasteiger partial charge on any atom is 0.289 e. The van der Waals surface area contributed by atoms with Gasteiger partial charge in [-0.1, -0.05) is 30.3 Å². The molecule has 1 atom stereocenters. The SMILES string of the molecule is O=C1N[C@H](c2ccccc2O)n2c1nc1ccccc1c2=O. The van der Waals surface area contributed by atoms with Crippen molar-refractivity contribution < 1.29 is 9.90 Å². The van der Waals surface area contributed by atoms with Crippen molar-refractivity contribution in [1.29, 1.82) is 0 Å². The standard InChI is InChI=1S/C16H11N3O3/c20-12-8-4-2-6-10(12)13-18-15(21)14-17-11-7-3-1-5-9(11)16(22)19(13)14/h1-8,13,20H,(H,18,21)/t13-/m0/s1. The first-order valence-corrected chi connectivity index (χ1v) is 6.77. The molecule has 3 aromatic rings. The minimum atomic E-state index is -0.756. The van der Waals surface area contributed by atoms with Crippen LogP contribution in [-0.4, -0.2) is 20.6 Å². The molecule has 0 unspecified atom stereocenters. The van der Waals surface area contributed by atoms with Crippen LogP contribution in [0.25, 0.3) is 10.9 Å². The van der Waals surface area contributed by atoms with E-state index < -0.39 is 12.1 Å². The number of aromatic hydroxyl groups is 1. The predicted molar refractivity (Wildman–Crippen MR) is 79.7 cm³/mol. The molecule has 0 saturated heterocycles. The first-order chi connectivity index (χ1) is 10.7. The smallest absolute Gasteiger partial charge is 0.289 e. The molecule has 108 valence electrons. The molecule has 1 aliphatic rings. The number of nitrogens with zero attached hydrogens (tertiary/aromatic N) is 2. The Morgan fingerprint density at radius 1 is 1.05 bits per heavy atom. The van der Waals surface area contributed by atoms with Crippen molar-refractivity contribution in [3.05, 3.63) is 70.3 Å². The summed E-state index contributed by atoms with van der Waals surface area (Å²) >= 11 is 0. The van der Waals surface area contributed by atoms with Crippen LogP contribution in [0, 0.1) is 0 Å². The Bertz CT molecular complexity index is 978. The number of benzene rings is 2. The lowest BCUT2D eigenvalue weighted by Gasteiger charge is -2.15. The van der Waals surface area contributed by atoms with E-state index in [-0.39, 0.29) is 17.1 Å². The first kappa shape index (κ1) is 12.6. The number of fused-ring (bicyclic) bond motifs is 2. The van der Waals surface area contributed by atoms with Crippen molar-refractivity contribution in [2.45, 2.75) is 6.17 Å². The van der Waals surface area contributed by atoms with Crippen molar-refractivity contribution in [2.24, 2.45) is 0 Å². The van der Waals surface area contributed by atoms with Gasteiger partial charge in [-0.05, 0) is 18.2 Å². The highest BCUT2D eigenvalue weighted by Crippen LogP contribution is 2.28. The van der Waals surface area contributed by atoms with Gasteiger partial charge in [0, 0.05) is 5.56 Å². The second-order valence-electron chi connectivity index (χ2n) is 5.06. The minimum absolute atomic E-state index is 0.0145. The van der Waals surface area contributed by atoms with E-state index in [2.05, 4.69) is 10.3 Å². The molecular formula is C16H11N3O3. The lowest BCUT2D eigenvalue weighted by atomic mass is 10.1. The number of carbonyl (C=O) groups excluding carboxylic acids is 1. The number of nitrogens with one attached hydrogen (secondary N) is 1. The zero-order chi connectivity index (χ0) is 15.3. The average molecular weight is 293 g/mol. The number of phenolic OH excluding ortho intramolecular Hbond substituents is 1. The molecule has 2 heterocycles. The number of phenols is 1. The van der Waals surface area contributed by atoms with Gasteiger partial charge < -0.3 is 10.4 Å². The summed E-state index contributed by atoms with van der Waals surface area (Å²) in [5.41, 5.74) is 0.618. The third-order valence-electron chi connectivity index (χ3n) is 3.77. The Balaban J connectivity index is 2.04. The highest BCUT2D eigenvalue weighted by atomic mass is 16.3. The fraction of sp³-hybridized carbons (Fsp3) is 0.0625. The van der Waals surface area contributed by atoms with Gasteiger partial charge in [0.25, 0.3) is 11.5 Å². The van der Waals surface area contributed by atoms with Crippen LogP contribution in [0.1, 0.15) is 22.3 Å². The second-order valence-corrected chi connectivity index (χ2v) is 5.06. The molecule has 0 fully saturated rings. The fourth-order valence-corrected chi connectivity index (χ4v) is 2.73. The Hall–Kier alpha value is -3.15. The molecule has 1 amide bonds. The van der Waals surface area contributed by atoms with Crippen molar-refractivity contribution in [2.75, 3.05) is 0 Å². The van der Waals surface area contributed by atoms with Crippen LogP contribution >= 0.6 is 0 Å². The van der Waals surface area contributed by atoms with Crippen molar-refractivity contribution in [3.8, 4) is 5.75 Å². The van der Waals surface area contributed by atoms with E-state index in [0.717, 1.165) is 0 Å². The Labute approximate surface area is 124 Å². The number of hydrogen-bond donors (Lipinski definition) is 2. The van der Waals surface area contributed by atoms with E-state index in [1.54, 1.807) is 42.5 Å². The number of carbonyl (C=O) groups is 1. The Kier molecular flexibility index (Phi) is 2.53. The summed E-state index contributed by atoms with van der Waals surface area (Å²) in [7, 11) is 0. The molecule has 2 aromatic carbocycles. The van der Waals surface area contributed by atoms with Crippen LogP contribution in [0.2, 0.25) is 0 Å². The van der Waals surface area contributed by atoms with Gasteiger partial charge in [0.1, 0.15) is 11.9 Å². The maximum absolute atomic E-state index is 12.7. The van der Waals surface area contributed by atoms with Gasteiger partial charge in [0.05, 0.1) is 10.9 Å². The average Bonchev–Trinajstić information content (AvgIpc) is 2.85. The lowest BCUT2D eigenvalue weighted by Crippen LogP contribution is -2.28.